The molecular weight excluding hydrogens is 302 g/mol. The van der Waals surface area contributed by atoms with Crippen LogP contribution in [0.3, 0.4) is 0 Å². The Morgan fingerprint density at radius 3 is 2.41 bits per heavy atom. The number of hydrogen-bond acceptors (Lipinski definition) is 4. The van der Waals surface area contributed by atoms with E-state index in [1.807, 2.05) is 30.3 Å². The summed E-state index contributed by atoms with van der Waals surface area (Å²) in [5, 5.41) is 0.0316. The molecule has 22 heavy (non-hydrogen) atoms. The molecule has 0 spiro atoms. The van der Waals surface area contributed by atoms with Crippen LogP contribution >= 0.6 is 0 Å². The highest BCUT2D eigenvalue weighted by atomic mass is 32.2. The number of nitrogens with zero attached hydrogens (tertiary/aromatic N) is 2. The third-order valence-electron chi connectivity index (χ3n) is 4.06. The second-order valence-corrected chi connectivity index (χ2v) is 8.04. The van der Waals surface area contributed by atoms with E-state index in [1.54, 1.807) is 9.21 Å². The third-order valence-corrected chi connectivity index (χ3v) is 6.57. The van der Waals surface area contributed by atoms with Gasteiger partial charge in [0, 0.05) is 26.2 Å². The van der Waals surface area contributed by atoms with Gasteiger partial charge in [-0.15, -0.1) is 0 Å². The summed E-state index contributed by atoms with van der Waals surface area (Å²) >= 11 is 0. The molecule has 7 heteroatoms. The molecule has 1 N–H and O–H groups in total. The van der Waals surface area contributed by atoms with Crippen molar-refractivity contribution in [1.82, 2.24) is 9.21 Å². The largest absolute Gasteiger partial charge is 0.445 e. The van der Waals surface area contributed by atoms with Crippen LogP contribution in [0.15, 0.2) is 30.3 Å². The van der Waals surface area contributed by atoms with Crippen LogP contribution in [0, 0.1) is 4.78 Å². The van der Waals surface area contributed by atoms with Gasteiger partial charge in [-0.2, -0.15) is 0 Å². The Balaban J connectivity index is 1.47. The Hall–Kier alpha value is -1.60. The van der Waals surface area contributed by atoms with Crippen molar-refractivity contribution in [2.45, 2.75) is 24.7 Å². The highest BCUT2D eigenvalue weighted by Gasteiger charge is 2.38. The molecule has 1 aliphatic heterocycles. The average Bonchev–Trinajstić information content (AvgIpc) is 3.39. The van der Waals surface area contributed by atoms with Crippen molar-refractivity contribution in [2.75, 3.05) is 26.2 Å². The van der Waals surface area contributed by atoms with Crippen LogP contribution in [-0.4, -0.2) is 50.9 Å². The van der Waals surface area contributed by atoms with Gasteiger partial charge >= 0.3 is 6.09 Å². The van der Waals surface area contributed by atoms with Gasteiger partial charge in [0.25, 0.3) is 0 Å². The van der Waals surface area contributed by atoms with Crippen LogP contribution in [0.25, 0.3) is 0 Å². The Labute approximate surface area is 131 Å². The average molecular weight is 323 g/mol. The first kappa shape index (κ1) is 15.3. The van der Waals surface area contributed by atoms with Gasteiger partial charge in [0.15, 0.2) is 0 Å². The molecule has 1 unspecified atom stereocenters. The Morgan fingerprint density at radius 1 is 1.18 bits per heavy atom. The molecule has 1 amide bonds. The molecule has 120 valence electrons. The van der Waals surface area contributed by atoms with E-state index in [0.29, 0.717) is 26.2 Å². The highest BCUT2D eigenvalue weighted by molar-refractivity contribution is 7.91. The fourth-order valence-corrected chi connectivity index (χ4v) is 4.45. The molecule has 0 aromatic heterocycles. The van der Waals surface area contributed by atoms with Crippen molar-refractivity contribution in [3.8, 4) is 0 Å². The number of nitrogens with one attached hydrogen (secondary N) is 1. The molecular formula is C15H21N3O3S. The first-order chi connectivity index (χ1) is 10.6. The fourth-order valence-electron chi connectivity index (χ4n) is 2.55. The SMILES string of the molecule is N=S(=O)(C1CC1)N1CCN(C(=O)OCc2ccccc2)CC1. The van der Waals surface area contributed by atoms with Crippen LogP contribution in [0.4, 0.5) is 4.79 Å². The first-order valence-electron chi connectivity index (χ1n) is 7.56. The van der Waals surface area contributed by atoms with Crippen LogP contribution in [0.1, 0.15) is 18.4 Å². The van der Waals surface area contributed by atoms with Crippen molar-refractivity contribution in [1.29, 1.82) is 4.78 Å². The monoisotopic (exact) mass is 323 g/mol. The molecule has 1 heterocycles. The number of ether oxygens (including phenoxy) is 1. The lowest BCUT2D eigenvalue weighted by Gasteiger charge is -2.34. The summed E-state index contributed by atoms with van der Waals surface area (Å²) in [6.07, 6.45) is 1.44. The summed E-state index contributed by atoms with van der Waals surface area (Å²) in [5.41, 5.74) is 0.956. The smallest absolute Gasteiger partial charge is 0.410 e. The lowest BCUT2D eigenvalue weighted by atomic mass is 10.2. The number of amides is 1. The zero-order valence-corrected chi connectivity index (χ0v) is 13.3. The van der Waals surface area contributed by atoms with Gasteiger partial charge in [0.2, 0.25) is 0 Å². The molecule has 2 fully saturated rings. The number of carbonyl (C=O) groups excluding carboxylic acids is 1. The molecule has 0 bridgehead atoms. The van der Waals surface area contributed by atoms with Crippen LogP contribution < -0.4 is 0 Å². The molecule has 3 rings (SSSR count). The summed E-state index contributed by atoms with van der Waals surface area (Å²) in [4.78, 5) is 13.7. The van der Waals surface area contributed by atoms with E-state index in [1.165, 1.54) is 0 Å². The minimum absolute atomic E-state index is 0.0316. The fraction of sp³-hybridized carbons (Fsp3) is 0.533. The van der Waals surface area contributed by atoms with Gasteiger partial charge in [-0.05, 0) is 18.4 Å². The van der Waals surface area contributed by atoms with Gasteiger partial charge in [0.05, 0.1) is 5.25 Å². The standard InChI is InChI=1S/C15H21N3O3S/c16-22(20,14-6-7-14)18-10-8-17(9-11-18)15(19)21-12-13-4-2-1-3-5-13/h1-5,14,16H,6-12H2. The quantitative estimate of drug-likeness (QED) is 0.922. The predicted molar refractivity (Wildman–Crippen MR) is 83.7 cm³/mol. The van der Waals surface area contributed by atoms with Crippen molar-refractivity contribution in [2.24, 2.45) is 0 Å². The number of rotatable bonds is 4. The van der Waals surface area contributed by atoms with Crippen molar-refractivity contribution >= 4 is 16.0 Å². The minimum atomic E-state index is -2.64. The predicted octanol–water partition coefficient (Wildman–Crippen LogP) is 2.06. The van der Waals surface area contributed by atoms with E-state index in [-0.39, 0.29) is 18.0 Å². The summed E-state index contributed by atoms with van der Waals surface area (Å²) in [7, 11) is -2.64. The molecule has 0 radical (unpaired) electrons. The van der Waals surface area contributed by atoms with E-state index in [2.05, 4.69) is 0 Å². The number of benzene rings is 1. The summed E-state index contributed by atoms with van der Waals surface area (Å²) in [6, 6.07) is 9.56. The van der Waals surface area contributed by atoms with Gasteiger partial charge in [-0.25, -0.2) is 18.1 Å². The van der Waals surface area contributed by atoms with Gasteiger partial charge in [-0.1, -0.05) is 30.3 Å². The van der Waals surface area contributed by atoms with E-state index >= 15 is 0 Å². The Morgan fingerprint density at radius 2 is 1.82 bits per heavy atom. The maximum absolute atomic E-state index is 12.3. The number of carbonyl (C=O) groups is 1. The zero-order chi connectivity index (χ0) is 15.6. The van der Waals surface area contributed by atoms with Gasteiger partial charge < -0.3 is 9.64 Å². The summed E-state index contributed by atoms with van der Waals surface area (Å²) in [5.74, 6) is 0. The van der Waals surface area contributed by atoms with Crippen LogP contribution in [-0.2, 0) is 21.3 Å². The Bertz CT molecular complexity index is 621. The molecule has 1 atom stereocenters. The normalized spacial score (nSPS) is 22.1. The van der Waals surface area contributed by atoms with Gasteiger partial charge in [-0.3, -0.25) is 0 Å². The molecule has 1 saturated carbocycles. The van der Waals surface area contributed by atoms with E-state index in [9.17, 15) is 9.00 Å². The number of hydrogen-bond donors (Lipinski definition) is 1. The second kappa shape index (κ2) is 6.26. The molecule has 1 aromatic carbocycles. The van der Waals surface area contributed by atoms with Crippen molar-refractivity contribution in [3.05, 3.63) is 35.9 Å². The van der Waals surface area contributed by atoms with E-state index in [0.717, 1.165) is 18.4 Å². The maximum Gasteiger partial charge on any atom is 0.410 e. The lowest BCUT2D eigenvalue weighted by Crippen LogP contribution is -2.51. The first-order valence-corrected chi connectivity index (χ1v) is 9.13. The topological polar surface area (TPSA) is 73.7 Å². The molecule has 2 aliphatic rings. The Kier molecular flexibility index (Phi) is 4.35. The lowest BCUT2D eigenvalue weighted by molar-refractivity contribution is 0.0842. The molecule has 1 aromatic rings. The van der Waals surface area contributed by atoms with Crippen molar-refractivity contribution < 1.29 is 13.7 Å². The number of piperazine rings is 1. The van der Waals surface area contributed by atoms with Crippen molar-refractivity contribution in [3.63, 3.8) is 0 Å². The zero-order valence-electron chi connectivity index (χ0n) is 12.4. The second-order valence-electron chi connectivity index (χ2n) is 5.72. The maximum atomic E-state index is 12.3. The summed E-state index contributed by atoms with van der Waals surface area (Å²) in [6.45, 7) is 2.17. The van der Waals surface area contributed by atoms with E-state index in [4.69, 9.17) is 9.52 Å². The third kappa shape index (κ3) is 3.41. The van der Waals surface area contributed by atoms with E-state index < -0.39 is 9.92 Å². The minimum Gasteiger partial charge on any atom is -0.445 e. The molecule has 1 saturated heterocycles. The highest BCUT2D eigenvalue weighted by Crippen LogP contribution is 2.32. The molecule has 6 nitrogen and oxygen atoms in total. The van der Waals surface area contributed by atoms with Crippen LogP contribution in [0.2, 0.25) is 0 Å². The summed E-state index contributed by atoms with van der Waals surface area (Å²) < 4.78 is 27.4. The van der Waals surface area contributed by atoms with Gasteiger partial charge in [0.1, 0.15) is 16.5 Å². The molecule has 1 aliphatic carbocycles. The van der Waals surface area contributed by atoms with Crippen LogP contribution in [0.5, 0.6) is 0 Å².